The molecule has 0 unspecified atom stereocenters. The average molecular weight is 246 g/mol. The number of hydrogen-bond acceptors (Lipinski definition) is 0. The van der Waals surface area contributed by atoms with Gasteiger partial charge in [-0.3, -0.25) is 0 Å². The van der Waals surface area contributed by atoms with Crippen LogP contribution in [0.1, 0.15) is 24.8 Å². The molecule has 0 heterocycles. The predicted octanol–water partition coefficient (Wildman–Crippen LogP) is 5.23. The average Bonchev–Trinajstić information content (AvgIpc) is 2.95. The van der Waals surface area contributed by atoms with Crippen molar-refractivity contribution in [3.05, 3.63) is 89.1 Å². The Labute approximate surface area is 115 Å². The molecule has 0 radical (unpaired) electrons. The molecule has 0 aliphatic heterocycles. The molecule has 1 aromatic carbocycles. The van der Waals surface area contributed by atoms with Gasteiger partial charge in [0.25, 0.3) is 0 Å². The number of allylic oxidation sites excluding steroid dienone is 9. The monoisotopic (exact) mass is 246 g/mol. The summed E-state index contributed by atoms with van der Waals surface area (Å²) in [6.07, 6.45) is 19.1. The van der Waals surface area contributed by atoms with Gasteiger partial charge in [-0.25, -0.2) is 0 Å². The van der Waals surface area contributed by atoms with Crippen LogP contribution in [0.15, 0.2) is 83.5 Å². The van der Waals surface area contributed by atoms with E-state index in [0.717, 1.165) is 6.42 Å². The largest absolute Gasteiger partial charge is 0.0842 e. The molecule has 0 bridgehead atoms. The quantitative estimate of drug-likeness (QED) is 0.684. The van der Waals surface area contributed by atoms with E-state index in [1.165, 1.54) is 35.1 Å². The van der Waals surface area contributed by atoms with Gasteiger partial charge in [0.2, 0.25) is 0 Å². The van der Waals surface area contributed by atoms with Crippen LogP contribution in [0.5, 0.6) is 0 Å². The second-order valence-corrected chi connectivity index (χ2v) is 4.94. The van der Waals surface area contributed by atoms with E-state index in [1.54, 1.807) is 0 Å². The molecule has 0 spiro atoms. The molecule has 1 aromatic rings. The summed E-state index contributed by atoms with van der Waals surface area (Å²) in [5.74, 6) is 0. The molecule has 94 valence electrons. The molecule has 2 aliphatic carbocycles. The van der Waals surface area contributed by atoms with Gasteiger partial charge in [0.1, 0.15) is 0 Å². The molecule has 0 saturated carbocycles. The van der Waals surface area contributed by atoms with Crippen molar-refractivity contribution in [2.24, 2.45) is 0 Å². The van der Waals surface area contributed by atoms with Crippen LogP contribution < -0.4 is 0 Å². The van der Waals surface area contributed by atoms with E-state index in [1.807, 2.05) is 0 Å². The first-order valence-electron chi connectivity index (χ1n) is 6.92. The Bertz CT molecular complexity index is 592. The first-order valence-corrected chi connectivity index (χ1v) is 6.92. The predicted molar refractivity (Wildman–Crippen MR) is 82.7 cm³/mol. The maximum atomic E-state index is 2.27. The topological polar surface area (TPSA) is 0 Å². The normalized spacial score (nSPS) is 18.4. The standard InChI is InChI=1S/C19H18/c1-3-8-16(9-4-1)14-15-18-12-7-13-19(18)17-10-5-2-6-11-17/h1-5,7-10,12,14-15H,6,11,13H2/b15-14+. The highest BCUT2D eigenvalue weighted by molar-refractivity contribution is 5.60. The summed E-state index contributed by atoms with van der Waals surface area (Å²) in [7, 11) is 0. The zero-order valence-electron chi connectivity index (χ0n) is 11.0. The van der Waals surface area contributed by atoms with Crippen LogP contribution in [-0.2, 0) is 0 Å². The molecule has 0 nitrogen and oxygen atoms in total. The third kappa shape index (κ3) is 2.85. The lowest BCUT2D eigenvalue weighted by Crippen LogP contribution is -1.92. The van der Waals surface area contributed by atoms with Gasteiger partial charge in [0.15, 0.2) is 0 Å². The van der Waals surface area contributed by atoms with Crippen molar-refractivity contribution < 1.29 is 0 Å². The lowest BCUT2D eigenvalue weighted by Gasteiger charge is -2.11. The van der Waals surface area contributed by atoms with Gasteiger partial charge >= 0.3 is 0 Å². The van der Waals surface area contributed by atoms with E-state index >= 15 is 0 Å². The maximum absolute atomic E-state index is 2.27. The molecule has 0 saturated heterocycles. The Morgan fingerprint density at radius 3 is 2.63 bits per heavy atom. The van der Waals surface area contributed by atoms with Crippen molar-refractivity contribution in [2.75, 3.05) is 0 Å². The highest BCUT2D eigenvalue weighted by Crippen LogP contribution is 2.31. The van der Waals surface area contributed by atoms with Crippen molar-refractivity contribution in [2.45, 2.75) is 19.3 Å². The van der Waals surface area contributed by atoms with Crippen LogP contribution in [0.3, 0.4) is 0 Å². The van der Waals surface area contributed by atoms with E-state index in [0.29, 0.717) is 0 Å². The summed E-state index contributed by atoms with van der Waals surface area (Å²) in [6.45, 7) is 0. The molecule has 0 atom stereocenters. The lowest BCUT2D eigenvalue weighted by atomic mass is 9.94. The number of benzene rings is 1. The van der Waals surface area contributed by atoms with Gasteiger partial charge in [-0.2, -0.15) is 0 Å². The highest BCUT2D eigenvalue weighted by Gasteiger charge is 2.12. The van der Waals surface area contributed by atoms with Crippen molar-refractivity contribution in [1.29, 1.82) is 0 Å². The van der Waals surface area contributed by atoms with Gasteiger partial charge < -0.3 is 0 Å². The Balaban J connectivity index is 1.85. The number of rotatable bonds is 3. The van der Waals surface area contributed by atoms with Crippen LogP contribution in [0.4, 0.5) is 0 Å². The molecule has 19 heavy (non-hydrogen) atoms. The maximum Gasteiger partial charge on any atom is -0.00854 e. The Hall–Kier alpha value is -2.08. The number of hydrogen-bond donors (Lipinski definition) is 0. The second-order valence-electron chi connectivity index (χ2n) is 4.94. The lowest BCUT2D eigenvalue weighted by molar-refractivity contribution is 0.956. The summed E-state index contributed by atoms with van der Waals surface area (Å²) >= 11 is 0. The fourth-order valence-electron chi connectivity index (χ4n) is 2.60. The zero-order chi connectivity index (χ0) is 12.9. The van der Waals surface area contributed by atoms with Crippen LogP contribution in [0.25, 0.3) is 6.08 Å². The fourth-order valence-corrected chi connectivity index (χ4v) is 2.60. The Morgan fingerprint density at radius 1 is 0.947 bits per heavy atom. The Kier molecular flexibility index (Phi) is 3.60. The molecular formula is C19H18. The molecule has 0 aromatic heterocycles. The molecular weight excluding hydrogens is 228 g/mol. The first kappa shape index (κ1) is 12.0. The third-order valence-corrected chi connectivity index (χ3v) is 3.62. The van der Waals surface area contributed by atoms with Crippen molar-refractivity contribution in [3.63, 3.8) is 0 Å². The van der Waals surface area contributed by atoms with Crippen LogP contribution in [0, 0.1) is 0 Å². The van der Waals surface area contributed by atoms with Gasteiger partial charge in [0.05, 0.1) is 0 Å². The molecule has 0 N–H and O–H groups in total. The second kappa shape index (κ2) is 5.71. The smallest absolute Gasteiger partial charge is 0.00854 e. The zero-order valence-corrected chi connectivity index (χ0v) is 11.0. The molecule has 0 amide bonds. The van der Waals surface area contributed by atoms with Gasteiger partial charge in [0, 0.05) is 0 Å². The van der Waals surface area contributed by atoms with Crippen LogP contribution in [-0.4, -0.2) is 0 Å². The summed E-state index contributed by atoms with van der Waals surface area (Å²) in [5, 5.41) is 0. The van der Waals surface area contributed by atoms with Gasteiger partial charge in [-0.05, 0) is 41.5 Å². The van der Waals surface area contributed by atoms with Crippen LogP contribution >= 0.6 is 0 Å². The first-order chi connectivity index (χ1) is 9.43. The minimum Gasteiger partial charge on any atom is -0.0842 e. The third-order valence-electron chi connectivity index (χ3n) is 3.62. The van der Waals surface area contributed by atoms with E-state index in [4.69, 9.17) is 0 Å². The van der Waals surface area contributed by atoms with Crippen molar-refractivity contribution in [3.8, 4) is 0 Å². The van der Waals surface area contributed by atoms with Crippen molar-refractivity contribution in [1.82, 2.24) is 0 Å². The molecule has 0 fully saturated rings. The van der Waals surface area contributed by atoms with Crippen LogP contribution in [0.2, 0.25) is 0 Å². The summed E-state index contributed by atoms with van der Waals surface area (Å²) < 4.78 is 0. The summed E-state index contributed by atoms with van der Waals surface area (Å²) in [4.78, 5) is 0. The fraction of sp³-hybridized carbons (Fsp3) is 0.158. The van der Waals surface area contributed by atoms with E-state index in [-0.39, 0.29) is 0 Å². The van der Waals surface area contributed by atoms with Crippen molar-refractivity contribution >= 4 is 6.08 Å². The summed E-state index contributed by atoms with van der Waals surface area (Å²) in [6, 6.07) is 10.5. The van der Waals surface area contributed by atoms with E-state index in [2.05, 4.69) is 72.9 Å². The minimum atomic E-state index is 1.08. The Morgan fingerprint density at radius 2 is 1.84 bits per heavy atom. The SMILES string of the molecule is C1=CCCC(C2=C(/C=C/c3ccccc3)C=CC2)=C1. The van der Waals surface area contributed by atoms with Gasteiger partial charge in [-0.15, -0.1) is 0 Å². The van der Waals surface area contributed by atoms with E-state index < -0.39 is 0 Å². The minimum absolute atomic E-state index is 1.08. The summed E-state index contributed by atoms with van der Waals surface area (Å²) in [5.41, 5.74) is 5.62. The van der Waals surface area contributed by atoms with E-state index in [9.17, 15) is 0 Å². The van der Waals surface area contributed by atoms with Gasteiger partial charge in [-0.1, -0.05) is 72.9 Å². The molecule has 2 aliphatic rings. The molecule has 3 rings (SSSR count). The highest BCUT2D eigenvalue weighted by atomic mass is 14.2. The molecule has 0 heteroatoms.